The molecule has 1 atom stereocenters. The fourth-order valence-corrected chi connectivity index (χ4v) is 2.87. The molecule has 1 heterocycles. The molecule has 2 aromatic carbocycles. The molecular formula is C22H22FN3O4. The highest BCUT2D eigenvalue weighted by atomic mass is 19.1. The number of carboxylic acid groups (broad SMARTS) is 1. The Bertz CT molecular complexity index is 1060. The molecule has 0 saturated heterocycles. The molecule has 0 aliphatic rings. The van der Waals surface area contributed by atoms with E-state index in [4.69, 9.17) is 20.3 Å². The van der Waals surface area contributed by atoms with Crippen molar-refractivity contribution in [1.29, 1.82) is 0 Å². The zero-order chi connectivity index (χ0) is 21.7. The first-order valence-electron chi connectivity index (χ1n) is 9.40. The molecule has 0 radical (unpaired) electrons. The number of nitrogens with zero attached hydrogens (tertiary/aromatic N) is 2. The van der Waals surface area contributed by atoms with Gasteiger partial charge in [-0.05, 0) is 53.8 Å². The van der Waals surface area contributed by atoms with Gasteiger partial charge in [0.05, 0.1) is 6.20 Å². The molecular weight excluding hydrogens is 389 g/mol. The summed E-state index contributed by atoms with van der Waals surface area (Å²) in [4.78, 5) is 18.9. The van der Waals surface area contributed by atoms with Gasteiger partial charge in [0.25, 0.3) is 5.88 Å². The van der Waals surface area contributed by atoms with Gasteiger partial charge >= 0.3 is 12.0 Å². The van der Waals surface area contributed by atoms with E-state index in [-0.39, 0.29) is 12.4 Å². The number of hydrogen-bond acceptors (Lipinski definition) is 6. The molecule has 0 spiro atoms. The van der Waals surface area contributed by atoms with E-state index in [1.54, 1.807) is 13.0 Å². The molecule has 0 bridgehead atoms. The van der Waals surface area contributed by atoms with Gasteiger partial charge in [-0.2, -0.15) is 9.37 Å². The second kappa shape index (κ2) is 9.32. The summed E-state index contributed by atoms with van der Waals surface area (Å²) in [6.07, 6.45) is -0.186. The molecule has 1 aromatic heterocycles. The van der Waals surface area contributed by atoms with Crippen LogP contribution >= 0.6 is 0 Å². The molecule has 3 N–H and O–H groups in total. The van der Waals surface area contributed by atoms with Crippen molar-refractivity contribution in [2.45, 2.75) is 32.9 Å². The molecule has 3 aromatic rings. The predicted octanol–water partition coefficient (Wildman–Crippen LogP) is 4.08. The van der Waals surface area contributed by atoms with Crippen LogP contribution in [0.1, 0.15) is 24.5 Å². The van der Waals surface area contributed by atoms with Crippen molar-refractivity contribution in [3.05, 3.63) is 65.6 Å². The minimum absolute atomic E-state index is 0.151. The molecule has 0 unspecified atom stereocenters. The molecule has 0 aliphatic heterocycles. The number of benzene rings is 2. The van der Waals surface area contributed by atoms with E-state index in [1.165, 1.54) is 0 Å². The van der Waals surface area contributed by atoms with Gasteiger partial charge in [0.1, 0.15) is 5.75 Å². The number of nitrogens with two attached hydrogens (primary N) is 1. The lowest BCUT2D eigenvalue weighted by Crippen LogP contribution is -2.26. The van der Waals surface area contributed by atoms with Gasteiger partial charge in [-0.1, -0.05) is 31.2 Å². The van der Waals surface area contributed by atoms with Crippen molar-refractivity contribution >= 4 is 5.97 Å². The van der Waals surface area contributed by atoms with Crippen LogP contribution in [-0.2, 0) is 11.3 Å². The van der Waals surface area contributed by atoms with Gasteiger partial charge in [-0.25, -0.2) is 9.78 Å². The van der Waals surface area contributed by atoms with E-state index in [2.05, 4.69) is 9.97 Å². The fourth-order valence-electron chi connectivity index (χ4n) is 2.87. The van der Waals surface area contributed by atoms with E-state index >= 15 is 0 Å². The quantitative estimate of drug-likeness (QED) is 0.575. The summed E-state index contributed by atoms with van der Waals surface area (Å²) in [6.45, 7) is 3.97. The van der Waals surface area contributed by atoms with Crippen LogP contribution in [0.2, 0.25) is 0 Å². The SMILES string of the molecule is CC[C@@H](Oc1nc(Oc2cc(C)cc(-c3cccc(CN)c3)c2)ncc1F)C(=O)O. The highest BCUT2D eigenvalue weighted by molar-refractivity contribution is 5.72. The number of ether oxygens (including phenoxy) is 2. The molecule has 0 amide bonds. The van der Waals surface area contributed by atoms with Crippen LogP contribution < -0.4 is 15.2 Å². The minimum Gasteiger partial charge on any atom is -0.479 e. The summed E-state index contributed by atoms with van der Waals surface area (Å²) in [5, 5.41) is 9.11. The van der Waals surface area contributed by atoms with Crippen LogP contribution in [0, 0.1) is 12.7 Å². The molecule has 8 heteroatoms. The highest BCUT2D eigenvalue weighted by Crippen LogP contribution is 2.29. The first kappa shape index (κ1) is 21.2. The smallest absolute Gasteiger partial charge is 0.344 e. The Balaban J connectivity index is 1.88. The van der Waals surface area contributed by atoms with Crippen LogP contribution in [0.15, 0.2) is 48.7 Å². The maximum atomic E-state index is 14.0. The third-order valence-corrected chi connectivity index (χ3v) is 4.35. The molecule has 156 valence electrons. The summed E-state index contributed by atoms with van der Waals surface area (Å²) in [7, 11) is 0. The summed E-state index contributed by atoms with van der Waals surface area (Å²) < 4.78 is 24.8. The Morgan fingerprint density at radius 3 is 2.73 bits per heavy atom. The highest BCUT2D eigenvalue weighted by Gasteiger charge is 2.21. The van der Waals surface area contributed by atoms with Crippen molar-refractivity contribution in [2.24, 2.45) is 5.73 Å². The van der Waals surface area contributed by atoms with Gasteiger partial charge in [-0.3, -0.25) is 0 Å². The number of halogens is 1. The number of aliphatic carboxylic acids is 1. The van der Waals surface area contributed by atoms with Crippen molar-refractivity contribution in [3.8, 4) is 28.8 Å². The van der Waals surface area contributed by atoms with Gasteiger partial charge in [0.15, 0.2) is 6.10 Å². The Morgan fingerprint density at radius 2 is 2.03 bits per heavy atom. The Hall–Kier alpha value is -3.52. The van der Waals surface area contributed by atoms with E-state index in [1.807, 2.05) is 43.3 Å². The number of hydrogen-bond donors (Lipinski definition) is 2. The predicted molar refractivity (Wildman–Crippen MR) is 109 cm³/mol. The molecule has 0 saturated carbocycles. The maximum absolute atomic E-state index is 14.0. The standard InChI is InChI=1S/C22H22FN3O4/c1-3-19(21(27)28)30-20-18(23)12-25-22(26-20)29-17-8-13(2)7-16(10-17)15-6-4-5-14(9-15)11-24/h4-10,12,19H,3,11,24H2,1-2H3,(H,27,28)/t19-/m1/s1. The lowest BCUT2D eigenvalue weighted by molar-refractivity contribution is -0.145. The zero-order valence-electron chi connectivity index (χ0n) is 16.6. The lowest BCUT2D eigenvalue weighted by atomic mass is 10.0. The Kier molecular flexibility index (Phi) is 6.58. The second-order valence-electron chi connectivity index (χ2n) is 6.70. The molecule has 3 rings (SSSR count). The number of carboxylic acids is 1. The zero-order valence-corrected chi connectivity index (χ0v) is 16.6. The first-order chi connectivity index (χ1) is 14.4. The van der Waals surface area contributed by atoms with Crippen molar-refractivity contribution in [3.63, 3.8) is 0 Å². The average molecular weight is 411 g/mol. The third kappa shape index (κ3) is 5.09. The summed E-state index contributed by atoms with van der Waals surface area (Å²) >= 11 is 0. The first-order valence-corrected chi connectivity index (χ1v) is 9.40. The number of aromatic nitrogens is 2. The van der Waals surface area contributed by atoms with Gasteiger partial charge in [0, 0.05) is 6.54 Å². The number of rotatable bonds is 8. The van der Waals surface area contributed by atoms with E-state index in [0.717, 1.165) is 28.5 Å². The van der Waals surface area contributed by atoms with Crippen LogP contribution in [0.25, 0.3) is 11.1 Å². The lowest BCUT2D eigenvalue weighted by Gasteiger charge is -2.13. The van der Waals surface area contributed by atoms with Crippen LogP contribution in [0.5, 0.6) is 17.6 Å². The van der Waals surface area contributed by atoms with Gasteiger partial charge in [-0.15, -0.1) is 0 Å². The molecule has 30 heavy (non-hydrogen) atoms. The minimum atomic E-state index is -1.22. The van der Waals surface area contributed by atoms with Crippen molar-refractivity contribution in [2.75, 3.05) is 0 Å². The molecule has 0 fully saturated rings. The van der Waals surface area contributed by atoms with Gasteiger partial charge in [0.2, 0.25) is 5.82 Å². The normalized spacial score (nSPS) is 11.7. The molecule has 7 nitrogen and oxygen atoms in total. The third-order valence-electron chi connectivity index (χ3n) is 4.35. The largest absolute Gasteiger partial charge is 0.479 e. The van der Waals surface area contributed by atoms with Crippen LogP contribution in [0.3, 0.4) is 0 Å². The van der Waals surface area contributed by atoms with Crippen molar-refractivity contribution < 1.29 is 23.8 Å². The summed E-state index contributed by atoms with van der Waals surface area (Å²) in [6, 6.07) is 13.3. The topological polar surface area (TPSA) is 108 Å². The molecule has 0 aliphatic carbocycles. The maximum Gasteiger partial charge on any atom is 0.344 e. The Labute approximate surface area is 173 Å². The number of aryl methyl sites for hydroxylation is 1. The Morgan fingerprint density at radius 1 is 1.23 bits per heavy atom. The van der Waals surface area contributed by atoms with E-state index < -0.39 is 23.8 Å². The summed E-state index contributed by atoms with van der Waals surface area (Å²) in [5.74, 6) is -2.10. The fraction of sp³-hybridized carbons (Fsp3) is 0.227. The van der Waals surface area contributed by atoms with Crippen molar-refractivity contribution in [1.82, 2.24) is 9.97 Å². The van der Waals surface area contributed by atoms with Gasteiger partial charge < -0.3 is 20.3 Å². The van der Waals surface area contributed by atoms with Crippen LogP contribution in [0.4, 0.5) is 4.39 Å². The van der Waals surface area contributed by atoms with E-state index in [0.29, 0.717) is 12.3 Å². The van der Waals surface area contributed by atoms with Crippen LogP contribution in [-0.4, -0.2) is 27.1 Å². The monoisotopic (exact) mass is 411 g/mol. The summed E-state index contributed by atoms with van der Waals surface area (Å²) in [5.41, 5.74) is 9.56. The van der Waals surface area contributed by atoms with E-state index in [9.17, 15) is 9.18 Å². The second-order valence-corrected chi connectivity index (χ2v) is 6.70. The number of carbonyl (C=O) groups is 1. The average Bonchev–Trinajstić information content (AvgIpc) is 2.73.